The molecule has 4 nitrogen and oxygen atoms in total. The molecule has 0 unspecified atom stereocenters. The fourth-order valence-electron chi connectivity index (χ4n) is 1.11. The summed E-state index contributed by atoms with van der Waals surface area (Å²) in [5.41, 5.74) is 0.429. The molecule has 1 aliphatic heterocycles. The second-order valence-electron chi connectivity index (χ2n) is 3.23. The molecule has 0 aliphatic carbocycles. The Bertz CT molecular complexity index is 206. The van der Waals surface area contributed by atoms with Crippen LogP contribution in [-0.4, -0.2) is 32.1 Å². The third kappa shape index (κ3) is 3.89. The van der Waals surface area contributed by atoms with Gasteiger partial charge in [0.25, 0.3) is 0 Å². The summed E-state index contributed by atoms with van der Waals surface area (Å²) in [5.74, 6) is -0.335. The molecule has 0 bridgehead atoms. The molecule has 0 saturated carbocycles. The third-order valence-corrected chi connectivity index (χ3v) is 1.86. The SMILES string of the molecule is C=C(C)C(=O)OCCCC1OCCO1. The monoisotopic (exact) mass is 200 g/mol. The van der Waals surface area contributed by atoms with Crippen molar-refractivity contribution in [2.75, 3.05) is 19.8 Å². The molecule has 0 aromatic rings. The van der Waals surface area contributed by atoms with E-state index in [4.69, 9.17) is 14.2 Å². The van der Waals surface area contributed by atoms with Crippen LogP contribution in [0.4, 0.5) is 0 Å². The smallest absolute Gasteiger partial charge is 0.333 e. The van der Waals surface area contributed by atoms with Crippen molar-refractivity contribution >= 4 is 5.97 Å². The molecule has 0 atom stereocenters. The maximum absolute atomic E-state index is 11.0. The van der Waals surface area contributed by atoms with E-state index in [1.54, 1.807) is 6.92 Å². The van der Waals surface area contributed by atoms with E-state index in [-0.39, 0.29) is 12.3 Å². The summed E-state index contributed by atoms with van der Waals surface area (Å²) < 4.78 is 15.4. The van der Waals surface area contributed by atoms with Crippen molar-refractivity contribution in [2.45, 2.75) is 26.1 Å². The van der Waals surface area contributed by atoms with Gasteiger partial charge in [0.15, 0.2) is 6.29 Å². The number of esters is 1. The molecule has 1 heterocycles. The van der Waals surface area contributed by atoms with Crippen LogP contribution >= 0.6 is 0 Å². The van der Waals surface area contributed by atoms with Gasteiger partial charge in [-0.25, -0.2) is 4.79 Å². The van der Waals surface area contributed by atoms with Crippen LogP contribution in [0.2, 0.25) is 0 Å². The normalized spacial score (nSPS) is 16.9. The zero-order valence-corrected chi connectivity index (χ0v) is 8.45. The first-order valence-electron chi connectivity index (χ1n) is 4.76. The molecule has 0 radical (unpaired) electrons. The Kier molecular flexibility index (Phi) is 4.62. The molecule has 0 aromatic carbocycles. The van der Waals surface area contributed by atoms with Gasteiger partial charge in [-0.15, -0.1) is 0 Å². The van der Waals surface area contributed by atoms with Gasteiger partial charge in [-0.3, -0.25) is 0 Å². The lowest BCUT2D eigenvalue weighted by Gasteiger charge is -2.08. The second kappa shape index (κ2) is 5.78. The Labute approximate surface area is 83.8 Å². The van der Waals surface area contributed by atoms with Crippen molar-refractivity contribution in [1.29, 1.82) is 0 Å². The van der Waals surface area contributed by atoms with Crippen LogP contribution in [0.5, 0.6) is 0 Å². The number of rotatable bonds is 5. The minimum atomic E-state index is -0.335. The van der Waals surface area contributed by atoms with E-state index in [0.29, 0.717) is 25.4 Å². The molecule has 14 heavy (non-hydrogen) atoms. The summed E-state index contributed by atoms with van der Waals surface area (Å²) in [6.45, 7) is 6.84. The second-order valence-corrected chi connectivity index (χ2v) is 3.23. The average molecular weight is 200 g/mol. The van der Waals surface area contributed by atoms with Gasteiger partial charge in [-0.05, 0) is 13.3 Å². The molecular formula is C10H16O4. The molecule has 0 amide bonds. The molecule has 1 aliphatic rings. The lowest BCUT2D eigenvalue weighted by Crippen LogP contribution is -2.11. The van der Waals surface area contributed by atoms with Crippen LogP contribution in [0.3, 0.4) is 0 Å². The number of carbonyl (C=O) groups is 1. The van der Waals surface area contributed by atoms with Gasteiger partial charge in [0.05, 0.1) is 19.8 Å². The minimum Gasteiger partial charge on any atom is -0.462 e. The molecule has 1 rings (SSSR count). The standard InChI is InChI=1S/C10H16O4/c1-8(2)10(11)14-5-3-4-9-12-6-7-13-9/h9H,1,3-7H2,2H3. The van der Waals surface area contributed by atoms with Gasteiger partial charge >= 0.3 is 5.97 Å². The van der Waals surface area contributed by atoms with Crippen molar-refractivity contribution in [1.82, 2.24) is 0 Å². The summed E-state index contributed by atoms with van der Waals surface area (Å²) in [6, 6.07) is 0. The van der Waals surface area contributed by atoms with Gasteiger partial charge < -0.3 is 14.2 Å². The van der Waals surface area contributed by atoms with Crippen LogP contribution in [0, 0.1) is 0 Å². The Hall–Kier alpha value is -0.870. The topological polar surface area (TPSA) is 44.8 Å². The zero-order valence-electron chi connectivity index (χ0n) is 8.45. The highest BCUT2D eigenvalue weighted by Crippen LogP contribution is 2.10. The van der Waals surface area contributed by atoms with Gasteiger partial charge in [-0.2, -0.15) is 0 Å². The van der Waals surface area contributed by atoms with Crippen LogP contribution in [0.1, 0.15) is 19.8 Å². The first kappa shape index (κ1) is 11.2. The molecular weight excluding hydrogens is 184 g/mol. The van der Waals surface area contributed by atoms with Crippen LogP contribution in [0.15, 0.2) is 12.2 Å². The summed E-state index contributed by atoms with van der Waals surface area (Å²) in [4.78, 5) is 11.0. The van der Waals surface area contributed by atoms with Crippen LogP contribution in [-0.2, 0) is 19.0 Å². The fourth-order valence-corrected chi connectivity index (χ4v) is 1.11. The van der Waals surface area contributed by atoms with E-state index in [0.717, 1.165) is 12.8 Å². The lowest BCUT2D eigenvalue weighted by atomic mass is 10.3. The molecule has 4 heteroatoms. The molecule has 0 aromatic heterocycles. The van der Waals surface area contributed by atoms with Crippen molar-refractivity contribution in [3.05, 3.63) is 12.2 Å². The number of carbonyl (C=O) groups excluding carboxylic acids is 1. The van der Waals surface area contributed by atoms with E-state index in [2.05, 4.69) is 6.58 Å². The van der Waals surface area contributed by atoms with Gasteiger partial charge in [-0.1, -0.05) is 6.58 Å². The zero-order chi connectivity index (χ0) is 10.4. The predicted molar refractivity (Wildman–Crippen MR) is 50.7 cm³/mol. The van der Waals surface area contributed by atoms with E-state index in [9.17, 15) is 4.79 Å². The highest BCUT2D eigenvalue weighted by Gasteiger charge is 2.15. The Morgan fingerprint density at radius 2 is 2.14 bits per heavy atom. The molecule has 1 saturated heterocycles. The summed E-state index contributed by atoms with van der Waals surface area (Å²) >= 11 is 0. The molecule has 0 spiro atoms. The van der Waals surface area contributed by atoms with Crippen molar-refractivity contribution in [2.24, 2.45) is 0 Å². The highest BCUT2D eigenvalue weighted by molar-refractivity contribution is 5.86. The Morgan fingerprint density at radius 3 is 2.71 bits per heavy atom. The molecule has 1 fully saturated rings. The van der Waals surface area contributed by atoms with Crippen LogP contribution in [0.25, 0.3) is 0 Å². The van der Waals surface area contributed by atoms with E-state index in [1.807, 2.05) is 0 Å². The lowest BCUT2D eigenvalue weighted by molar-refractivity contribution is -0.139. The van der Waals surface area contributed by atoms with Gasteiger partial charge in [0, 0.05) is 12.0 Å². The third-order valence-electron chi connectivity index (χ3n) is 1.86. The minimum absolute atomic E-state index is 0.112. The number of ether oxygens (including phenoxy) is 3. The maximum Gasteiger partial charge on any atom is 0.333 e. The van der Waals surface area contributed by atoms with Crippen molar-refractivity contribution in [3.8, 4) is 0 Å². The summed E-state index contributed by atoms with van der Waals surface area (Å²) in [7, 11) is 0. The first-order chi connectivity index (χ1) is 6.70. The summed E-state index contributed by atoms with van der Waals surface area (Å²) in [5, 5.41) is 0. The van der Waals surface area contributed by atoms with Crippen LogP contribution < -0.4 is 0 Å². The highest BCUT2D eigenvalue weighted by atomic mass is 16.7. The van der Waals surface area contributed by atoms with E-state index < -0.39 is 0 Å². The quantitative estimate of drug-likeness (QED) is 0.381. The van der Waals surface area contributed by atoms with Gasteiger partial charge in [0.1, 0.15) is 0 Å². The van der Waals surface area contributed by atoms with E-state index in [1.165, 1.54) is 0 Å². The maximum atomic E-state index is 11.0. The largest absolute Gasteiger partial charge is 0.462 e. The van der Waals surface area contributed by atoms with Crippen molar-refractivity contribution in [3.63, 3.8) is 0 Å². The first-order valence-corrected chi connectivity index (χ1v) is 4.76. The van der Waals surface area contributed by atoms with Crippen molar-refractivity contribution < 1.29 is 19.0 Å². The van der Waals surface area contributed by atoms with E-state index >= 15 is 0 Å². The number of hydrogen-bond acceptors (Lipinski definition) is 4. The fraction of sp³-hybridized carbons (Fsp3) is 0.700. The average Bonchev–Trinajstić information content (AvgIpc) is 2.64. The number of hydrogen-bond donors (Lipinski definition) is 0. The Balaban J connectivity index is 1.98. The molecule has 80 valence electrons. The predicted octanol–water partition coefficient (Wildman–Crippen LogP) is 1.26. The Morgan fingerprint density at radius 1 is 1.50 bits per heavy atom. The summed E-state index contributed by atoms with van der Waals surface area (Å²) in [6.07, 6.45) is 1.41. The van der Waals surface area contributed by atoms with Gasteiger partial charge in [0.2, 0.25) is 0 Å². The molecule has 0 N–H and O–H groups in total.